The molecule has 0 aromatic carbocycles. The molecule has 0 spiro atoms. The van der Waals surface area contributed by atoms with E-state index in [1.807, 2.05) is 11.8 Å². The average molecular weight is 175 g/mol. The number of nitrogens with two attached hydrogens (primary N) is 1. The highest BCUT2D eigenvalue weighted by atomic mass is 32.2. The van der Waals surface area contributed by atoms with Crippen LogP contribution in [0.2, 0.25) is 0 Å². The third-order valence-corrected chi connectivity index (χ3v) is 2.70. The van der Waals surface area contributed by atoms with Crippen molar-refractivity contribution >= 4 is 11.8 Å². The second-order valence-corrected chi connectivity index (χ2v) is 6.00. The fourth-order valence-corrected chi connectivity index (χ4v) is 1.71. The topological polar surface area (TPSA) is 26.0 Å². The predicted octanol–water partition coefficient (Wildman–Crippen LogP) is 2.65. The molecule has 0 aromatic heterocycles. The summed E-state index contributed by atoms with van der Waals surface area (Å²) in [4.78, 5) is 0. The van der Waals surface area contributed by atoms with E-state index in [-0.39, 0.29) is 0 Å². The van der Waals surface area contributed by atoms with Gasteiger partial charge in [0.2, 0.25) is 0 Å². The van der Waals surface area contributed by atoms with Crippen LogP contribution in [0.5, 0.6) is 0 Å². The molecule has 0 aliphatic heterocycles. The quantitative estimate of drug-likeness (QED) is 0.665. The van der Waals surface area contributed by atoms with E-state index >= 15 is 0 Å². The summed E-state index contributed by atoms with van der Waals surface area (Å²) in [5, 5.41) is 0. The summed E-state index contributed by atoms with van der Waals surface area (Å²) < 4.78 is 0.415. The van der Waals surface area contributed by atoms with Crippen LogP contribution in [0.4, 0.5) is 0 Å². The Balaban J connectivity index is 3.15. The summed E-state index contributed by atoms with van der Waals surface area (Å²) in [6.45, 7) is 8.83. The van der Waals surface area contributed by atoms with Gasteiger partial charge in [0.1, 0.15) is 0 Å². The molecule has 11 heavy (non-hydrogen) atoms. The lowest BCUT2D eigenvalue weighted by Gasteiger charge is -2.17. The minimum atomic E-state index is 0.371. The molecule has 1 unspecified atom stereocenters. The van der Waals surface area contributed by atoms with Crippen molar-refractivity contribution in [2.45, 2.75) is 51.3 Å². The maximum atomic E-state index is 5.63. The van der Waals surface area contributed by atoms with Crippen molar-refractivity contribution in [1.29, 1.82) is 0 Å². The zero-order valence-corrected chi connectivity index (χ0v) is 9.00. The Morgan fingerprint density at radius 3 is 2.27 bits per heavy atom. The number of hydrogen-bond donors (Lipinski definition) is 1. The maximum Gasteiger partial charge on any atom is 0.00750 e. The van der Waals surface area contributed by atoms with Gasteiger partial charge < -0.3 is 5.73 Å². The van der Waals surface area contributed by atoms with Gasteiger partial charge in [-0.05, 0) is 25.5 Å². The Bertz CT molecular complexity index is 94.2. The van der Waals surface area contributed by atoms with Crippen LogP contribution >= 0.6 is 11.8 Å². The van der Waals surface area contributed by atoms with E-state index in [2.05, 4.69) is 27.7 Å². The van der Waals surface area contributed by atoms with Crippen LogP contribution in [-0.4, -0.2) is 16.5 Å². The molecular formula is C9H21NS. The van der Waals surface area contributed by atoms with Gasteiger partial charge in [-0.3, -0.25) is 0 Å². The molecule has 0 bridgehead atoms. The number of thioether (sulfide) groups is 1. The molecule has 0 radical (unpaired) electrons. The highest BCUT2D eigenvalue weighted by molar-refractivity contribution is 8.00. The van der Waals surface area contributed by atoms with Gasteiger partial charge in [-0.2, -0.15) is 11.8 Å². The molecule has 0 rings (SSSR count). The number of hydrogen-bond acceptors (Lipinski definition) is 2. The summed E-state index contributed by atoms with van der Waals surface area (Å²) >= 11 is 2.02. The fraction of sp³-hybridized carbons (Fsp3) is 1.00. The molecule has 0 aliphatic carbocycles. The van der Waals surface area contributed by atoms with E-state index in [4.69, 9.17) is 5.73 Å². The summed E-state index contributed by atoms with van der Waals surface area (Å²) in [7, 11) is 0. The van der Waals surface area contributed by atoms with Crippen molar-refractivity contribution in [2.24, 2.45) is 5.73 Å². The Morgan fingerprint density at radius 1 is 1.36 bits per heavy atom. The van der Waals surface area contributed by atoms with E-state index in [1.54, 1.807) is 0 Å². The lowest BCUT2D eigenvalue weighted by Crippen LogP contribution is -2.15. The minimum Gasteiger partial charge on any atom is -0.328 e. The SMILES string of the molecule is CC(N)CCCSC(C)(C)C. The van der Waals surface area contributed by atoms with Gasteiger partial charge in [0.25, 0.3) is 0 Å². The van der Waals surface area contributed by atoms with Crippen molar-refractivity contribution < 1.29 is 0 Å². The molecule has 0 aromatic rings. The Morgan fingerprint density at radius 2 is 1.91 bits per heavy atom. The van der Waals surface area contributed by atoms with Crippen LogP contribution in [-0.2, 0) is 0 Å². The maximum absolute atomic E-state index is 5.63. The molecule has 0 heterocycles. The second-order valence-electron chi connectivity index (χ2n) is 4.08. The number of rotatable bonds is 4. The van der Waals surface area contributed by atoms with Crippen LogP contribution in [0.1, 0.15) is 40.5 Å². The lowest BCUT2D eigenvalue weighted by molar-refractivity contribution is 0.654. The van der Waals surface area contributed by atoms with Crippen molar-refractivity contribution in [3.05, 3.63) is 0 Å². The Labute approximate surface area is 75.1 Å². The van der Waals surface area contributed by atoms with Crippen molar-refractivity contribution in [1.82, 2.24) is 0 Å². The highest BCUT2D eigenvalue weighted by Gasteiger charge is 2.09. The Kier molecular flexibility index (Phi) is 5.19. The molecule has 0 saturated heterocycles. The van der Waals surface area contributed by atoms with Crippen molar-refractivity contribution in [2.75, 3.05) is 5.75 Å². The average Bonchev–Trinajstić information content (AvgIpc) is 1.78. The van der Waals surface area contributed by atoms with Gasteiger partial charge in [-0.15, -0.1) is 0 Å². The van der Waals surface area contributed by atoms with E-state index in [0.29, 0.717) is 10.8 Å². The van der Waals surface area contributed by atoms with Crippen LogP contribution < -0.4 is 5.73 Å². The summed E-state index contributed by atoms with van der Waals surface area (Å²) in [5.41, 5.74) is 5.63. The first kappa shape index (κ1) is 11.3. The molecule has 2 heteroatoms. The molecule has 2 N–H and O–H groups in total. The van der Waals surface area contributed by atoms with Gasteiger partial charge in [0.05, 0.1) is 0 Å². The molecule has 0 aliphatic rings. The van der Waals surface area contributed by atoms with E-state index in [0.717, 1.165) is 6.42 Å². The predicted molar refractivity (Wildman–Crippen MR) is 55.1 cm³/mol. The molecule has 0 amide bonds. The van der Waals surface area contributed by atoms with E-state index < -0.39 is 0 Å². The molecule has 0 saturated carbocycles. The zero-order valence-electron chi connectivity index (χ0n) is 8.18. The van der Waals surface area contributed by atoms with Gasteiger partial charge in [-0.25, -0.2) is 0 Å². The molecule has 68 valence electrons. The molecule has 1 atom stereocenters. The molecule has 0 fully saturated rings. The van der Waals surface area contributed by atoms with Gasteiger partial charge in [0.15, 0.2) is 0 Å². The highest BCUT2D eigenvalue weighted by Crippen LogP contribution is 2.23. The third-order valence-electron chi connectivity index (χ3n) is 1.34. The van der Waals surface area contributed by atoms with Crippen molar-refractivity contribution in [3.63, 3.8) is 0 Å². The third kappa shape index (κ3) is 10.3. The fourth-order valence-electron chi connectivity index (χ4n) is 0.784. The first-order valence-electron chi connectivity index (χ1n) is 4.31. The van der Waals surface area contributed by atoms with Gasteiger partial charge in [-0.1, -0.05) is 20.8 Å². The second kappa shape index (κ2) is 5.04. The van der Waals surface area contributed by atoms with E-state index in [1.165, 1.54) is 12.2 Å². The van der Waals surface area contributed by atoms with Crippen molar-refractivity contribution in [3.8, 4) is 0 Å². The summed E-state index contributed by atoms with van der Waals surface area (Å²) in [6, 6.07) is 0.371. The minimum absolute atomic E-state index is 0.371. The first-order chi connectivity index (χ1) is 4.92. The monoisotopic (exact) mass is 175 g/mol. The first-order valence-corrected chi connectivity index (χ1v) is 5.30. The molecular weight excluding hydrogens is 154 g/mol. The largest absolute Gasteiger partial charge is 0.328 e. The van der Waals surface area contributed by atoms with Crippen LogP contribution in [0.3, 0.4) is 0 Å². The van der Waals surface area contributed by atoms with Gasteiger partial charge in [0, 0.05) is 10.8 Å². The summed E-state index contributed by atoms with van der Waals surface area (Å²) in [5.74, 6) is 1.24. The summed E-state index contributed by atoms with van der Waals surface area (Å²) in [6.07, 6.45) is 2.41. The Hall–Kier alpha value is 0.310. The standard InChI is InChI=1S/C9H21NS/c1-8(10)6-5-7-11-9(2,3)4/h8H,5-7,10H2,1-4H3. The van der Waals surface area contributed by atoms with Gasteiger partial charge >= 0.3 is 0 Å². The lowest BCUT2D eigenvalue weighted by atomic mass is 10.2. The van der Waals surface area contributed by atoms with E-state index in [9.17, 15) is 0 Å². The normalized spacial score (nSPS) is 15.0. The smallest absolute Gasteiger partial charge is 0.00750 e. The van der Waals surface area contributed by atoms with Crippen LogP contribution in [0, 0.1) is 0 Å². The zero-order chi connectivity index (χ0) is 8.91. The van der Waals surface area contributed by atoms with Crippen LogP contribution in [0.25, 0.3) is 0 Å². The van der Waals surface area contributed by atoms with Crippen LogP contribution in [0.15, 0.2) is 0 Å². The molecule has 1 nitrogen and oxygen atoms in total.